The lowest BCUT2D eigenvalue weighted by atomic mass is 9.91. The smallest absolute Gasteiger partial charge is 0.0992 e. The molecule has 15 heavy (non-hydrogen) atoms. The fourth-order valence-electron chi connectivity index (χ4n) is 2.06. The summed E-state index contributed by atoms with van der Waals surface area (Å²) in [5.74, 6) is 0. The summed E-state index contributed by atoms with van der Waals surface area (Å²) >= 11 is 0. The molecule has 2 nitrogen and oxygen atoms in total. The van der Waals surface area contributed by atoms with Gasteiger partial charge < -0.3 is 5.32 Å². The van der Waals surface area contributed by atoms with E-state index in [1.165, 1.54) is 11.1 Å². The molecular weight excluding hydrogens is 184 g/mol. The number of rotatable bonds is 0. The first kappa shape index (κ1) is 9.79. The van der Waals surface area contributed by atoms with Crippen molar-refractivity contribution in [1.82, 2.24) is 0 Å². The minimum Gasteiger partial charge on any atom is -0.376 e. The average molecular weight is 198 g/mol. The number of anilines is 1. The molecular formula is C13H14N2. The third-order valence-corrected chi connectivity index (χ3v) is 2.61. The number of hydrogen-bond acceptors (Lipinski definition) is 2. The number of allylic oxidation sites excluding steroid dienone is 1. The second-order valence-electron chi connectivity index (χ2n) is 4.55. The molecule has 0 saturated heterocycles. The normalized spacial score (nSPS) is 17.1. The van der Waals surface area contributed by atoms with Crippen molar-refractivity contribution < 1.29 is 0 Å². The van der Waals surface area contributed by atoms with Gasteiger partial charge >= 0.3 is 0 Å². The van der Waals surface area contributed by atoms with Crippen molar-refractivity contribution in [3.63, 3.8) is 0 Å². The summed E-state index contributed by atoms with van der Waals surface area (Å²) in [4.78, 5) is 0. The number of fused-ring (bicyclic) bond motifs is 1. The van der Waals surface area contributed by atoms with Gasteiger partial charge in [-0.2, -0.15) is 5.26 Å². The van der Waals surface area contributed by atoms with Crippen molar-refractivity contribution in [3.8, 4) is 6.07 Å². The lowest BCUT2D eigenvalue weighted by Gasteiger charge is -2.31. The van der Waals surface area contributed by atoms with Crippen molar-refractivity contribution in [3.05, 3.63) is 35.4 Å². The highest BCUT2D eigenvalue weighted by molar-refractivity contribution is 5.80. The first-order valence-electron chi connectivity index (χ1n) is 5.04. The van der Waals surface area contributed by atoms with E-state index < -0.39 is 0 Å². The summed E-state index contributed by atoms with van der Waals surface area (Å²) in [6.07, 6.45) is 2.21. The van der Waals surface area contributed by atoms with Gasteiger partial charge in [-0.05, 0) is 38.5 Å². The predicted molar refractivity (Wildman–Crippen MR) is 62.5 cm³/mol. The highest BCUT2D eigenvalue weighted by atomic mass is 15.0. The maximum atomic E-state index is 8.84. The van der Waals surface area contributed by atoms with Crippen LogP contribution in [-0.4, -0.2) is 5.54 Å². The van der Waals surface area contributed by atoms with Crippen LogP contribution in [0.1, 0.15) is 31.9 Å². The first-order chi connectivity index (χ1) is 7.02. The Morgan fingerprint density at radius 1 is 1.33 bits per heavy atom. The van der Waals surface area contributed by atoms with E-state index in [0.717, 1.165) is 5.69 Å². The van der Waals surface area contributed by atoms with Crippen LogP contribution in [0, 0.1) is 11.3 Å². The zero-order chi connectivity index (χ0) is 11.1. The molecule has 0 aliphatic carbocycles. The van der Waals surface area contributed by atoms with Gasteiger partial charge in [-0.15, -0.1) is 0 Å². The monoisotopic (exact) mass is 198 g/mol. The van der Waals surface area contributed by atoms with Crippen LogP contribution < -0.4 is 5.32 Å². The van der Waals surface area contributed by atoms with E-state index in [-0.39, 0.29) is 5.54 Å². The van der Waals surface area contributed by atoms with Crippen molar-refractivity contribution in [1.29, 1.82) is 5.26 Å². The molecule has 1 aliphatic heterocycles. The van der Waals surface area contributed by atoms with E-state index in [0.29, 0.717) is 5.56 Å². The molecule has 0 radical (unpaired) electrons. The lowest BCUT2D eigenvalue weighted by Crippen LogP contribution is -2.31. The molecule has 1 heterocycles. The van der Waals surface area contributed by atoms with E-state index in [9.17, 15) is 0 Å². The second-order valence-corrected chi connectivity index (χ2v) is 4.55. The van der Waals surface area contributed by atoms with Crippen LogP contribution in [0.15, 0.2) is 24.3 Å². The minimum atomic E-state index is -0.0365. The summed E-state index contributed by atoms with van der Waals surface area (Å²) in [5, 5.41) is 12.3. The van der Waals surface area contributed by atoms with E-state index in [1.807, 2.05) is 18.2 Å². The zero-order valence-corrected chi connectivity index (χ0v) is 9.26. The maximum absolute atomic E-state index is 8.84. The highest BCUT2D eigenvalue weighted by Gasteiger charge is 2.22. The largest absolute Gasteiger partial charge is 0.376 e. The van der Waals surface area contributed by atoms with Crippen LogP contribution in [-0.2, 0) is 0 Å². The summed E-state index contributed by atoms with van der Waals surface area (Å²) in [6.45, 7) is 6.35. The number of hydrogen-bond donors (Lipinski definition) is 1. The molecule has 2 rings (SSSR count). The number of nitrogens with zero attached hydrogens (tertiary/aromatic N) is 1. The van der Waals surface area contributed by atoms with Gasteiger partial charge in [0.25, 0.3) is 0 Å². The molecule has 1 aliphatic rings. The maximum Gasteiger partial charge on any atom is 0.0992 e. The van der Waals surface area contributed by atoms with Crippen LogP contribution in [0.4, 0.5) is 5.69 Å². The second kappa shape index (κ2) is 3.13. The number of benzene rings is 1. The predicted octanol–water partition coefficient (Wildman–Crippen LogP) is 3.17. The van der Waals surface area contributed by atoms with E-state index >= 15 is 0 Å². The number of nitriles is 1. The topological polar surface area (TPSA) is 35.8 Å². The summed E-state index contributed by atoms with van der Waals surface area (Å²) in [7, 11) is 0. The summed E-state index contributed by atoms with van der Waals surface area (Å²) in [5.41, 5.74) is 4.17. The SMILES string of the molecule is CC1=CC(C)(C)Nc2cc(C#N)ccc21. The number of nitrogens with one attached hydrogen (secondary N) is 1. The first-order valence-corrected chi connectivity index (χ1v) is 5.04. The Hall–Kier alpha value is -1.75. The average Bonchev–Trinajstić information content (AvgIpc) is 2.14. The van der Waals surface area contributed by atoms with Gasteiger partial charge in [0.05, 0.1) is 17.2 Å². The quantitative estimate of drug-likeness (QED) is 0.695. The molecule has 0 amide bonds. The lowest BCUT2D eigenvalue weighted by molar-refractivity contribution is 0.707. The van der Waals surface area contributed by atoms with Crippen LogP contribution >= 0.6 is 0 Å². The van der Waals surface area contributed by atoms with E-state index in [1.54, 1.807) is 0 Å². The Bertz CT molecular complexity index is 476. The van der Waals surface area contributed by atoms with Gasteiger partial charge in [-0.3, -0.25) is 0 Å². The van der Waals surface area contributed by atoms with E-state index in [4.69, 9.17) is 5.26 Å². The Balaban J connectivity index is 2.57. The standard InChI is InChI=1S/C13H14N2/c1-9-7-13(2,3)15-12-6-10(8-14)4-5-11(9)12/h4-7,15H,1-3H3. The Morgan fingerprint density at radius 3 is 2.73 bits per heavy atom. The van der Waals surface area contributed by atoms with Gasteiger partial charge in [-0.25, -0.2) is 0 Å². The summed E-state index contributed by atoms with van der Waals surface area (Å²) < 4.78 is 0. The fourth-order valence-corrected chi connectivity index (χ4v) is 2.06. The van der Waals surface area contributed by atoms with Crippen LogP contribution in [0.2, 0.25) is 0 Å². The van der Waals surface area contributed by atoms with Gasteiger partial charge in [0.15, 0.2) is 0 Å². The van der Waals surface area contributed by atoms with Crippen LogP contribution in [0.25, 0.3) is 5.57 Å². The molecule has 1 aromatic rings. The third kappa shape index (κ3) is 1.73. The molecule has 0 bridgehead atoms. The molecule has 0 unspecified atom stereocenters. The Morgan fingerprint density at radius 2 is 2.07 bits per heavy atom. The van der Waals surface area contributed by atoms with Crippen LogP contribution in [0.5, 0.6) is 0 Å². The summed E-state index contributed by atoms with van der Waals surface area (Å²) in [6, 6.07) is 7.93. The minimum absolute atomic E-state index is 0.0365. The van der Waals surface area contributed by atoms with Crippen molar-refractivity contribution in [2.75, 3.05) is 5.32 Å². The van der Waals surface area contributed by atoms with Crippen molar-refractivity contribution >= 4 is 11.3 Å². The molecule has 76 valence electrons. The molecule has 0 fully saturated rings. The van der Waals surface area contributed by atoms with Gasteiger partial charge in [0.2, 0.25) is 0 Å². The molecule has 1 aromatic carbocycles. The Labute approximate surface area is 90.2 Å². The van der Waals surface area contributed by atoms with Gasteiger partial charge in [0.1, 0.15) is 0 Å². The zero-order valence-electron chi connectivity index (χ0n) is 9.26. The van der Waals surface area contributed by atoms with Crippen molar-refractivity contribution in [2.24, 2.45) is 0 Å². The van der Waals surface area contributed by atoms with Crippen LogP contribution in [0.3, 0.4) is 0 Å². The molecule has 0 atom stereocenters. The molecule has 0 spiro atoms. The van der Waals surface area contributed by atoms with Crippen molar-refractivity contribution in [2.45, 2.75) is 26.3 Å². The molecule has 0 saturated carbocycles. The third-order valence-electron chi connectivity index (χ3n) is 2.61. The van der Waals surface area contributed by atoms with E-state index in [2.05, 4.69) is 38.2 Å². The molecule has 2 heteroatoms. The fraction of sp³-hybridized carbons (Fsp3) is 0.308. The van der Waals surface area contributed by atoms with Gasteiger partial charge in [-0.1, -0.05) is 12.1 Å². The highest BCUT2D eigenvalue weighted by Crippen LogP contribution is 2.33. The molecule has 1 N–H and O–H groups in total. The van der Waals surface area contributed by atoms with Gasteiger partial charge in [0, 0.05) is 11.3 Å². The molecule has 0 aromatic heterocycles. The Kier molecular flexibility index (Phi) is 2.04.